The lowest BCUT2D eigenvalue weighted by Crippen LogP contribution is -2.52. The SMILES string of the molecule is Cc1cc(C(C)O)c2c(c1)c(=O)n(C)c1c2cnn1C1CN(C(=O)OC(C)(C)C)C1. The molecule has 0 saturated carbocycles. The molecule has 0 bridgehead atoms. The molecular formula is C22H28N4O4. The second kappa shape index (κ2) is 6.84. The Labute approximate surface area is 174 Å². The molecule has 3 aromatic rings. The predicted molar refractivity (Wildman–Crippen MR) is 115 cm³/mol. The number of hydrogen-bond acceptors (Lipinski definition) is 5. The van der Waals surface area contributed by atoms with E-state index in [2.05, 4.69) is 5.10 Å². The average Bonchev–Trinajstić information content (AvgIpc) is 3.00. The van der Waals surface area contributed by atoms with Crippen LogP contribution in [0.15, 0.2) is 23.1 Å². The third-order valence-corrected chi connectivity index (χ3v) is 5.51. The van der Waals surface area contributed by atoms with Crippen LogP contribution in [0.1, 0.15) is 51.0 Å². The molecule has 1 saturated heterocycles. The van der Waals surface area contributed by atoms with Crippen molar-refractivity contribution in [2.45, 2.75) is 52.4 Å². The number of carbonyl (C=O) groups is 1. The van der Waals surface area contributed by atoms with Crippen LogP contribution in [0.5, 0.6) is 0 Å². The molecule has 160 valence electrons. The number of nitrogens with zero attached hydrogens (tertiary/aromatic N) is 4. The fourth-order valence-corrected chi connectivity index (χ4v) is 4.11. The Balaban J connectivity index is 1.78. The second-order valence-electron chi connectivity index (χ2n) is 9.18. The molecule has 2 aromatic heterocycles. The number of aryl methyl sites for hydroxylation is 2. The van der Waals surface area contributed by atoms with Gasteiger partial charge < -0.3 is 14.7 Å². The van der Waals surface area contributed by atoms with Crippen LogP contribution in [0.2, 0.25) is 0 Å². The van der Waals surface area contributed by atoms with Crippen molar-refractivity contribution in [2.75, 3.05) is 13.1 Å². The van der Waals surface area contributed by atoms with E-state index in [0.29, 0.717) is 24.1 Å². The number of aromatic nitrogens is 3. The van der Waals surface area contributed by atoms with Gasteiger partial charge in [-0.3, -0.25) is 9.36 Å². The molecule has 3 heterocycles. The maximum atomic E-state index is 13.1. The first kappa shape index (κ1) is 20.4. The molecule has 30 heavy (non-hydrogen) atoms. The number of ether oxygens (including phenoxy) is 1. The summed E-state index contributed by atoms with van der Waals surface area (Å²) in [6, 6.07) is 3.73. The van der Waals surface area contributed by atoms with Crippen molar-refractivity contribution >= 4 is 27.9 Å². The fourth-order valence-electron chi connectivity index (χ4n) is 4.11. The first-order valence-corrected chi connectivity index (χ1v) is 10.1. The van der Waals surface area contributed by atoms with Gasteiger partial charge >= 0.3 is 6.09 Å². The van der Waals surface area contributed by atoms with E-state index in [1.165, 1.54) is 0 Å². The molecule has 0 aliphatic carbocycles. The van der Waals surface area contributed by atoms with Gasteiger partial charge in [0, 0.05) is 36.3 Å². The van der Waals surface area contributed by atoms with Crippen LogP contribution in [-0.4, -0.2) is 49.1 Å². The smallest absolute Gasteiger partial charge is 0.410 e. The van der Waals surface area contributed by atoms with Crippen molar-refractivity contribution in [3.8, 4) is 0 Å². The van der Waals surface area contributed by atoms with Crippen molar-refractivity contribution < 1.29 is 14.6 Å². The second-order valence-corrected chi connectivity index (χ2v) is 9.18. The Morgan fingerprint density at radius 1 is 1.27 bits per heavy atom. The van der Waals surface area contributed by atoms with Crippen LogP contribution in [0.25, 0.3) is 21.8 Å². The summed E-state index contributed by atoms with van der Waals surface area (Å²) >= 11 is 0. The molecule has 4 rings (SSSR count). The topological polar surface area (TPSA) is 89.6 Å². The van der Waals surface area contributed by atoms with E-state index in [1.54, 1.807) is 29.6 Å². The molecule has 1 fully saturated rings. The third kappa shape index (κ3) is 3.25. The lowest BCUT2D eigenvalue weighted by molar-refractivity contribution is 0.0000327. The van der Waals surface area contributed by atoms with Crippen molar-refractivity contribution in [3.63, 3.8) is 0 Å². The lowest BCUT2D eigenvalue weighted by atomic mass is 9.97. The zero-order valence-corrected chi connectivity index (χ0v) is 18.3. The van der Waals surface area contributed by atoms with Gasteiger partial charge in [0.05, 0.1) is 18.3 Å². The molecule has 1 unspecified atom stereocenters. The van der Waals surface area contributed by atoms with Gasteiger partial charge in [-0.2, -0.15) is 5.10 Å². The van der Waals surface area contributed by atoms with E-state index in [9.17, 15) is 14.7 Å². The van der Waals surface area contributed by atoms with Gasteiger partial charge in [0.25, 0.3) is 5.56 Å². The van der Waals surface area contributed by atoms with Gasteiger partial charge in [-0.05, 0) is 51.8 Å². The van der Waals surface area contributed by atoms with Gasteiger partial charge in [0.15, 0.2) is 0 Å². The molecule has 0 radical (unpaired) electrons. The van der Waals surface area contributed by atoms with E-state index in [4.69, 9.17) is 4.74 Å². The highest BCUT2D eigenvalue weighted by Gasteiger charge is 2.36. The molecule has 0 spiro atoms. The number of fused-ring (bicyclic) bond motifs is 3. The maximum absolute atomic E-state index is 13.1. The molecule has 8 heteroatoms. The molecular weight excluding hydrogens is 384 g/mol. The summed E-state index contributed by atoms with van der Waals surface area (Å²) in [5, 5.41) is 17.0. The molecule has 1 amide bonds. The van der Waals surface area contributed by atoms with Crippen LogP contribution in [0, 0.1) is 6.92 Å². The Kier molecular flexibility index (Phi) is 4.65. The molecule has 1 aliphatic rings. The van der Waals surface area contributed by atoms with Gasteiger partial charge in [-0.15, -0.1) is 0 Å². The highest BCUT2D eigenvalue weighted by atomic mass is 16.6. The Bertz CT molecular complexity index is 1210. The number of rotatable bonds is 2. The zero-order valence-electron chi connectivity index (χ0n) is 18.3. The van der Waals surface area contributed by atoms with Crippen LogP contribution in [-0.2, 0) is 11.8 Å². The van der Waals surface area contributed by atoms with Crippen molar-refractivity contribution in [1.29, 1.82) is 0 Å². The minimum Gasteiger partial charge on any atom is -0.444 e. The monoisotopic (exact) mass is 412 g/mol. The Morgan fingerprint density at radius 3 is 2.53 bits per heavy atom. The Hall–Kier alpha value is -2.87. The molecule has 1 aromatic carbocycles. The van der Waals surface area contributed by atoms with Crippen LogP contribution < -0.4 is 5.56 Å². The molecule has 1 N–H and O–H groups in total. The number of carbonyl (C=O) groups excluding carboxylic acids is 1. The average molecular weight is 412 g/mol. The first-order valence-electron chi connectivity index (χ1n) is 10.1. The first-order chi connectivity index (χ1) is 14.0. The summed E-state index contributed by atoms with van der Waals surface area (Å²) in [6.45, 7) is 10.1. The number of pyridine rings is 1. The number of hydrogen-bond donors (Lipinski definition) is 1. The van der Waals surface area contributed by atoms with Crippen molar-refractivity contribution in [1.82, 2.24) is 19.2 Å². The summed E-state index contributed by atoms with van der Waals surface area (Å²) in [4.78, 5) is 27.0. The summed E-state index contributed by atoms with van der Waals surface area (Å²) in [6.07, 6.45) is 0.688. The standard InChI is InChI=1S/C22H28N4O4/c1-12-7-15(13(2)27)18-16(8-12)20(28)24(6)19-17(18)9-23-26(19)14-10-25(11-14)21(29)30-22(3,4)5/h7-9,13-14,27H,10-11H2,1-6H3. The molecule has 1 aliphatic heterocycles. The number of amides is 1. The quantitative estimate of drug-likeness (QED) is 0.699. The maximum Gasteiger partial charge on any atom is 0.410 e. The lowest BCUT2D eigenvalue weighted by Gasteiger charge is -2.39. The van der Waals surface area contributed by atoms with E-state index < -0.39 is 11.7 Å². The molecule has 1 atom stereocenters. The summed E-state index contributed by atoms with van der Waals surface area (Å²) in [5.74, 6) is 0. The van der Waals surface area contributed by atoms with E-state index in [-0.39, 0.29) is 17.7 Å². The highest BCUT2D eigenvalue weighted by Crippen LogP contribution is 2.33. The number of aliphatic hydroxyl groups excluding tert-OH is 1. The minimum absolute atomic E-state index is 0.0430. The van der Waals surface area contributed by atoms with Crippen molar-refractivity contribution in [2.24, 2.45) is 7.05 Å². The largest absolute Gasteiger partial charge is 0.444 e. The van der Waals surface area contributed by atoms with E-state index in [0.717, 1.165) is 21.9 Å². The van der Waals surface area contributed by atoms with Gasteiger partial charge in [0.2, 0.25) is 0 Å². The van der Waals surface area contributed by atoms with Gasteiger partial charge in [0.1, 0.15) is 11.2 Å². The number of benzene rings is 1. The predicted octanol–water partition coefficient (Wildman–Crippen LogP) is 3.04. The highest BCUT2D eigenvalue weighted by molar-refractivity contribution is 6.06. The summed E-state index contributed by atoms with van der Waals surface area (Å²) in [5.41, 5.74) is 1.66. The third-order valence-electron chi connectivity index (χ3n) is 5.51. The number of aliphatic hydroxyl groups is 1. The van der Waals surface area contributed by atoms with Crippen LogP contribution in [0.3, 0.4) is 0 Å². The normalized spacial score (nSPS) is 16.2. The minimum atomic E-state index is -0.711. The Morgan fingerprint density at radius 2 is 1.93 bits per heavy atom. The van der Waals surface area contributed by atoms with Gasteiger partial charge in [-0.1, -0.05) is 6.07 Å². The van der Waals surface area contributed by atoms with Crippen LogP contribution in [0.4, 0.5) is 4.79 Å². The summed E-state index contributed by atoms with van der Waals surface area (Å²) in [7, 11) is 1.73. The fraction of sp³-hybridized carbons (Fsp3) is 0.500. The van der Waals surface area contributed by atoms with Crippen molar-refractivity contribution in [3.05, 3.63) is 39.8 Å². The zero-order chi connectivity index (χ0) is 22.0. The van der Waals surface area contributed by atoms with Gasteiger partial charge in [-0.25, -0.2) is 9.48 Å². The molecule has 8 nitrogen and oxygen atoms in total. The van der Waals surface area contributed by atoms with E-state index in [1.807, 2.05) is 44.5 Å². The number of likely N-dealkylation sites (tertiary alicyclic amines) is 1. The summed E-state index contributed by atoms with van der Waals surface area (Å²) < 4.78 is 8.83. The van der Waals surface area contributed by atoms with E-state index >= 15 is 0 Å². The van der Waals surface area contributed by atoms with Crippen LogP contribution >= 0.6 is 0 Å².